The number of H-pyrrole nitrogens is 1. The lowest BCUT2D eigenvalue weighted by Gasteiger charge is -2.38. The summed E-state index contributed by atoms with van der Waals surface area (Å²) in [6.07, 6.45) is 2.09. The SMILES string of the molecule is COC(=O)c1cnc(N2CC[C@@H](NC(=O)c3[nH]c(C)c(Cl)c3Cl)[C@@H](CO)C2)s1. The number of ether oxygens (including phenoxy) is 1. The smallest absolute Gasteiger partial charge is 0.349 e. The second-order valence-electron chi connectivity index (χ2n) is 6.51. The van der Waals surface area contributed by atoms with E-state index >= 15 is 0 Å². The van der Waals surface area contributed by atoms with Crippen molar-refractivity contribution in [3.63, 3.8) is 0 Å². The molecule has 3 rings (SSSR count). The Labute approximate surface area is 175 Å². The van der Waals surface area contributed by atoms with E-state index in [1.807, 2.05) is 4.90 Å². The van der Waals surface area contributed by atoms with Crippen molar-refractivity contribution in [3.05, 3.63) is 32.5 Å². The number of piperidine rings is 1. The molecule has 0 spiro atoms. The summed E-state index contributed by atoms with van der Waals surface area (Å²) in [5.74, 6) is -0.992. The predicted molar refractivity (Wildman–Crippen MR) is 108 cm³/mol. The second-order valence-corrected chi connectivity index (χ2v) is 8.27. The molecule has 11 heteroatoms. The van der Waals surface area contributed by atoms with Gasteiger partial charge in [0.2, 0.25) is 0 Å². The number of anilines is 1. The highest BCUT2D eigenvalue weighted by Gasteiger charge is 2.32. The number of thiazole rings is 1. The molecule has 2 aromatic rings. The van der Waals surface area contributed by atoms with E-state index in [1.165, 1.54) is 24.6 Å². The van der Waals surface area contributed by atoms with Crippen LogP contribution in [0.5, 0.6) is 0 Å². The number of aryl methyl sites for hydroxylation is 1. The maximum Gasteiger partial charge on any atom is 0.349 e. The van der Waals surface area contributed by atoms with Gasteiger partial charge in [0.1, 0.15) is 10.6 Å². The minimum absolute atomic E-state index is 0.102. The number of amides is 1. The number of carbonyl (C=O) groups is 2. The van der Waals surface area contributed by atoms with Gasteiger partial charge in [-0.2, -0.15) is 0 Å². The molecule has 1 aliphatic heterocycles. The largest absolute Gasteiger partial charge is 0.465 e. The molecular weight excluding hydrogens is 427 g/mol. The molecule has 1 saturated heterocycles. The number of carbonyl (C=O) groups excluding carboxylic acids is 2. The van der Waals surface area contributed by atoms with Gasteiger partial charge in [0.15, 0.2) is 5.13 Å². The topological polar surface area (TPSA) is 108 Å². The van der Waals surface area contributed by atoms with E-state index in [0.29, 0.717) is 40.2 Å². The number of aromatic nitrogens is 2. The fourth-order valence-electron chi connectivity index (χ4n) is 3.16. The molecular formula is C17H20Cl2N4O4S. The third kappa shape index (κ3) is 4.12. The molecule has 0 saturated carbocycles. The van der Waals surface area contributed by atoms with Crippen LogP contribution in [0.15, 0.2) is 6.20 Å². The fraction of sp³-hybridized carbons (Fsp3) is 0.471. The Hall–Kier alpha value is -1.81. The van der Waals surface area contributed by atoms with Crippen molar-refractivity contribution in [2.24, 2.45) is 5.92 Å². The number of aliphatic hydroxyl groups excluding tert-OH is 1. The van der Waals surface area contributed by atoms with Crippen LogP contribution in [0.2, 0.25) is 10.0 Å². The highest BCUT2D eigenvalue weighted by molar-refractivity contribution is 7.17. The summed E-state index contributed by atoms with van der Waals surface area (Å²) < 4.78 is 4.70. The Bertz CT molecular complexity index is 885. The maximum absolute atomic E-state index is 12.6. The van der Waals surface area contributed by atoms with Crippen LogP contribution in [0.25, 0.3) is 0 Å². The van der Waals surface area contributed by atoms with Crippen molar-refractivity contribution < 1.29 is 19.4 Å². The van der Waals surface area contributed by atoms with Gasteiger partial charge in [-0.05, 0) is 13.3 Å². The average Bonchev–Trinajstić information content (AvgIpc) is 3.29. The molecule has 0 radical (unpaired) electrons. The minimum Gasteiger partial charge on any atom is -0.465 e. The number of hydrogen-bond donors (Lipinski definition) is 3. The first kappa shape index (κ1) is 20.9. The van der Waals surface area contributed by atoms with Gasteiger partial charge in [0, 0.05) is 37.4 Å². The van der Waals surface area contributed by atoms with Crippen LogP contribution in [0.3, 0.4) is 0 Å². The minimum atomic E-state index is -0.429. The third-order valence-corrected chi connectivity index (χ3v) is 6.70. The van der Waals surface area contributed by atoms with E-state index in [9.17, 15) is 14.7 Å². The Morgan fingerprint density at radius 1 is 1.46 bits per heavy atom. The Morgan fingerprint density at radius 3 is 2.82 bits per heavy atom. The van der Waals surface area contributed by atoms with Crippen molar-refractivity contribution >= 4 is 51.5 Å². The molecule has 0 aromatic carbocycles. The first-order valence-corrected chi connectivity index (χ1v) is 10.2. The van der Waals surface area contributed by atoms with Crippen LogP contribution in [-0.2, 0) is 4.74 Å². The van der Waals surface area contributed by atoms with Gasteiger partial charge in [-0.1, -0.05) is 34.5 Å². The number of nitrogens with zero attached hydrogens (tertiary/aromatic N) is 2. The molecule has 1 fully saturated rings. The number of aromatic amines is 1. The lowest BCUT2D eigenvalue weighted by molar-refractivity contribution is 0.0605. The summed E-state index contributed by atoms with van der Waals surface area (Å²) in [5.41, 5.74) is 0.835. The van der Waals surface area contributed by atoms with Crippen LogP contribution in [-0.4, -0.2) is 59.8 Å². The lowest BCUT2D eigenvalue weighted by Crippen LogP contribution is -2.52. The average molecular weight is 447 g/mol. The second kappa shape index (κ2) is 8.69. The summed E-state index contributed by atoms with van der Waals surface area (Å²) in [7, 11) is 1.32. The number of methoxy groups -OCH3 is 1. The Kier molecular flexibility index (Phi) is 6.49. The normalized spacial score (nSPS) is 19.5. The predicted octanol–water partition coefficient (Wildman–Crippen LogP) is 2.49. The van der Waals surface area contributed by atoms with Gasteiger partial charge in [-0.15, -0.1) is 0 Å². The van der Waals surface area contributed by atoms with E-state index < -0.39 is 5.97 Å². The number of rotatable bonds is 5. The fourth-order valence-corrected chi connectivity index (χ4v) is 4.44. The molecule has 0 aliphatic carbocycles. The van der Waals surface area contributed by atoms with Crippen molar-refractivity contribution in [1.29, 1.82) is 0 Å². The monoisotopic (exact) mass is 446 g/mol. The van der Waals surface area contributed by atoms with Crippen LogP contribution in [0.4, 0.5) is 5.13 Å². The molecule has 152 valence electrons. The number of hydrogen-bond acceptors (Lipinski definition) is 7. The molecule has 2 atom stereocenters. The van der Waals surface area contributed by atoms with Crippen LogP contribution in [0, 0.1) is 12.8 Å². The molecule has 1 aliphatic rings. The van der Waals surface area contributed by atoms with E-state index in [-0.39, 0.29) is 35.2 Å². The zero-order valence-electron chi connectivity index (χ0n) is 15.3. The number of aliphatic hydroxyl groups is 1. The summed E-state index contributed by atoms with van der Waals surface area (Å²) in [6, 6.07) is -0.229. The van der Waals surface area contributed by atoms with Crippen molar-refractivity contribution in [1.82, 2.24) is 15.3 Å². The number of esters is 1. The van der Waals surface area contributed by atoms with Gasteiger partial charge in [-0.3, -0.25) is 4.79 Å². The summed E-state index contributed by atoms with van der Waals surface area (Å²) in [6.45, 7) is 2.74. The highest BCUT2D eigenvalue weighted by atomic mass is 35.5. The van der Waals surface area contributed by atoms with E-state index in [1.54, 1.807) is 6.92 Å². The summed E-state index contributed by atoms with van der Waals surface area (Å²) in [4.78, 5) is 33.8. The van der Waals surface area contributed by atoms with Gasteiger partial charge >= 0.3 is 5.97 Å². The van der Waals surface area contributed by atoms with Gasteiger partial charge in [0.05, 0.1) is 23.4 Å². The maximum atomic E-state index is 12.6. The molecule has 0 bridgehead atoms. The summed E-state index contributed by atoms with van der Waals surface area (Å²) >= 11 is 13.4. The van der Waals surface area contributed by atoms with Crippen LogP contribution < -0.4 is 10.2 Å². The van der Waals surface area contributed by atoms with Crippen molar-refractivity contribution in [2.45, 2.75) is 19.4 Å². The molecule has 3 heterocycles. The number of nitrogens with one attached hydrogen (secondary N) is 2. The third-order valence-electron chi connectivity index (χ3n) is 4.72. The molecule has 8 nitrogen and oxygen atoms in total. The van der Waals surface area contributed by atoms with E-state index in [4.69, 9.17) is 27.9 Å². The Balaban J connectivity index is 1.67. The Morgan fingerprint density at radius 2 is 2.21 bits per heavy atom. The number of halogens is 2. The van der Waals surface area contributed by atoms with E-state index in [0.717, 1.165) is 0 Å². The van der Waals surface area contributed by atoms with Crippen LogP contribution in [0.1, 0.15) is 32.3 Å². The standard InChI is InChI=1S/C17H20Cl2N4O4S/c1-8-12(18)13(19)14(21-8)15(25)22-10-3-4-23(6-9(10)7-24)17-20-5-11(28-17)16(26)27-2/h5,9-10,21,24H,3-4,6-7H2,1-2H3,(H,22,25)/t9-,10-/m1/s1. The zero-order chi connectivity index (χ0) is 20.4. The van der Waals surface area contributed by atoms with Gasteiger partial charge in [0.25, 0.3) is 5.91 Å². The lowest BCUT2D eigenvalue weighted by atomic mass is 9.93. The van der Waals surface area contributed by atoms with E-state index in [2.05, 4.69) is 15.3 Å². The first-order chi connectivity index (χ1) is 13.3. The molecule has 1 amide bonds. The highest BCUT2D eigenvalue weighted by Crippen LogP contribution is 2.30. The molecule has 28 heavy (non-hydrogen) atoms. The van der Waals surface area contributed by atoms with Gasteiger partial charge < -0.3 is 25.0 Å². The quantitative estimate of drug-likeness (QED) is 0.608. The first-order valence-electron chi connectivity index (χ1n) is 8.60. The van der Waals surface area contributed by atoms with Gasteiger partial charge in [-0.25, -0.2) is 9.78 Å². The molecule has 3 N–H and O–H groups in total. The molecule has 0 unspecified atom stereocenters. The molecule has 2 aromatic heterocycles. The van der Waals surface area contributed by atoms with Crippen molar-refractivity contribution in [2.75, 3.05) is 31.7 Å². The summed E-state index contributed by atoms with van der Waals surface area (Å²) in [5, 5.41) is 13.9. The van der Waals surface area contributed by atoms with Crippen molar-refractivity contribution in [3.8, 4) is 0 Å². The van der Waals surface area contributed by atoms with Crippen LogP contribution >= 0.6 is 34.5 Å². The zero-order valence-corrected chi connectivity index (χ0v) is 17.6.